The summed E-state index contributed by atoms with van der Waals surface area (Å²) in [7, 11) is 0. The molecule has 0 bridgehead atoms. The summed E-state index contributed by atoms with van der Waals surface area (Å²) in [6.07, 6.45) is 4.21. The first-order valence-electron chi connectivity index (χ1n) is 7.29. The maximum atomic E-state index is 12.7. The number of fused-ring (bicyclic) bond motifs is 1. The number of carbonyl (C=O) groups is 2. The zero-order valence-corrected chi connectivity index (χ0v) is 11.4. The molecular weight excluding hydrogens is 254 g/mol. The van der Waals surface area contributed by atoms with Gasteiger partial charge in [0.2, 0.25) is 5.91 Å². The summed E-state index contributed by atoms with van der Waals surface area (Å²) < 4.78 is 0. The molecular formula is C16H19NO3. The first-order chi connectivity index (χ1) is 9.68. The van der Waals surface area contributed by atoms with Gasteiger partial charge in [-0.05, 0) is 43.2 Å². The first kappa shape index (κ1) is 13.2. The number of rotatable bonds is 2. The Morgan fingerprint density at radius 3 is 2.75 bits per heavy atom. The molecule has 1 fully saturated rings. The number of carbonyl (C=O) groups excluding carboxylic acids is 1. The van der Waals surface area contributed by atoms with E-state index in [0.29, 0.717) is 13.0 Å². The lowest BCUT2D eigenvalue weighted by Gasteiger charge is -2.30. The Kier molecular flexibility index (Phi) is 3.47. The molecule has 0 saturated carbocycles. The zero-order valence-electron chi connectivity index (χ0n) is 11.4. The highest BCUT2D eigenvalue weighted by Crippen LogP contribution is 2.34. The molecule has 4 heteroatoms. The number of nitrogens with zero attached hydrogens (tertiary/aromatic N) is 1. The van der Waals surface area contributed by atoms with Gasteiger partial charge in [0.05, 0.1) is 5.92 Å². The van der Waals surface area contributed by atoms with Crippen molar-refractivity contribution in [2.75, 3.05) is 6.54 Å². The minimum absolute atomic E-state index is 0.00190. The number of aryl methyl sites for hydroxylation is 1. The number of hydrogen-bond donors (Lipinski definition) is 1. The van der Waals surface area contributed by atoms with E-state index in [1.165, 1.54) is 5.56 Å². The van der Waals surface area contributed by atoms with E-state index < -0.39 is 12.0 Å². The van der Waals surface area contributed by atoms with Crippen LogP contribution in [0, 0.1) is 0 Å². The van der Waals surface area contributed by atoms with Crippen molar-refractivity contribution in [3.8, 4) is 0 Å². The van der Waals surface area contributed by atoms with E-state index in [1.807, 2.05) is 18.2 Å². The molecule has 1 amide bonds. The fourth-order valence-electron chi connectivity index (χ4n) is 3.50. The van der Waals surface area contributed by atoms with Crippen molar-refractivity contribution in [3.05, 3.63) is 35.4 Å². The highest BCUT2D eigenvalue weighted by Gasteiger charge is 2.38. The minimum Gasteiger partial charge on any atom is -0.480 e. The number of likely N-dealkylation sites (tertiary alicyclic amines) is 1. The maximum absolute atomic E-state index is 12.7. The third-order valence-electron chi connectivity index (χ3n) is 4.49. The lowest BCUT2D eigenvalue weighted by atomic mass is 9.82. The molecule has 1 aliphatic carbocycles. The monoisotopic (exact) mass is 273 g/mol. The molecule has 1 N–H and O–H groups in total. The third-order valence-corrected chi connectivity index (χ3v) is 4.49. The molecule has 4 nitrogen and oxygen atoms in total. The second-order valence-electron chi connectivity index (χ2n) is 5.67. The van der Waals surface area contributed by atoms with Crippen molar-refractivity contribution in [3.63, 3.8) is 0 Å². The number of carboxylic acid groups (broad SMARTS) is 1. The molecule has 1 aromatic rings. The Hall–Kier alpha value is -1.84. The van der Waals surface area contributed by atoms with Crippen molar-refractivity contribution in [1.82, 2.24) is 4.90 Å². The molecule has 106 valence electrons. The lowest BCUT2D eigenvalue weighted by molar-refractivity contribution is -0.148. The Labute approximate surface area is 118 Å². The van der Waals surface area contributed by atoms with Crippen LogP contribution in [0.1, 0.15) is 42.7 Å². The summed E-state index contributed by atoms with van der Waals surface area (Å²) in [4.78, 5) is 25.6. The van der Waals surface area contributed by atoms with Crippen molar-refractivity contribution >= 4 is 11.9 Å². The Morgan fingerprint density at radius 2 is 1.95 bits per heavy atom. The smallest absolute Gasteiger partial charge is 0.326 e. The predicted molar refractivity (Wildman–Crippen MR) is 74.5 cm³/mol. The van der Waals surface area contributed by atoms with Crippen LogP contribution in [0.25, 0.3) is 0 Å². The van der Waals surface area contributed by atoms with Crippen molar-refractivity contribution in [2.45, 2.75) is 44.1 Å². The van der Waals surface area contributed by atoms with E-state index in [9.17, 15) is 14.7 Å². The fraction of sp³-hybridized carbons (Fsp3) is 0.500. The summed E-state index contributed by atoms with van der Waals surface area (Å²) in [6.45, 7) is 0.578. The zero-order chi connectivity index (χ0) is 14.1. The normalized spacial score (nSPS) is 25.3. The van der Waals surface area contributed by atoms with Crippen LogP contribution in [0.4, 0.5) is 0 Å². The van der Waals surface area contributed by atoms with Crippen LogP contribution >= 0.6 is 0 Å². The van der Waals surface area contributed by atoms with Crippen molar-refractivity contribution in [1.29, 1.82) is 0 Å². The van der Waals surface area contributed by atoms with Crippen LogP contribution < -0.4 is 0 Å². The molecule has 0 unspecified atom stereocenters. The van der Waals surface area contributed by atoms with Crippen LogP contribution in [0.15, 0.2) is 24.3 Å². The summed E-state index contributed by atoms with van der Waals surface area (Å²) >= 11 is 0. The number of amides is 1. The van der Waals surface area contributed by atoms with Gasteiger partial charge in [-0.15, -0.1) is 0 Å². The molecule has 2 aliphatic rings. The highest BCUT2D eigenvalue weighted by atomic mass is 16.4. The van der Waals surface area contributed by atoms with Crippen LogP contribution in [0.2, 0.25) is 0 Å². The van der Waals surface area contributed by atoms with Gasteiger partial charge < -0.3 is 10.0 Å². The van der Waals surface area contributed by atoms with Gasteiger partial charge in [-0.1, -0.05) is 24.3 Å². The first-order valence-corrected chi connectivity index (χ1v) is 7.29. The Morgan fingerprint density at radius 1 is 1.15 bits per heavy atom. The third kappa shape index (κ3) is 2.19. The average molecular weight is 273 g/mol. The number of aliphatic carboxylic acids is 1. The Bertz CT molecular complexity index is 540. The molecule has 1 heterocycles. The van der Waals surface area contributed by atoms with Gasteiger partial charge >= 0.3 is 5.97 Å². The largest absolute Gasteiger partial charge is 0.480 e. The molecule has 0 aromatic heterocycles. The van der Waals surface area contributed by atoms with E-state index >= 15 is 0 Å². The number of carboxylic acids is 1. The van der Waals surface area contributed by atoms with Gasteiger partial charge in [0.25, 0.3) is 0 Å². The van der Waals surface area contributed by atoms with Gasteiger partial charge in [0.15, 0.2) is 0 Å². The topological polar surface area (TPSA) is 57.6 Å². The SMILES string of the molecule is O=C(O)[C@H]1CCCN1C(=O)[C@@H]1CCCc2ccccc21. The Balaban J connectivity index is 1.87. The van der Waals surface area contributed by atoms with Crippen molar-refractivity contribution in [2.24, 2.45) is 0 Å². The van der Waals surface area contributed by atoms with E-state index in [0.717, 1.165) is 31.2 Å². The van der Waals surface area contributed by atoms with Gasteiger partial charge in [0.1, 0.15) is 6.04 Å². The summed E-state index contributed by atoms with van der Waals surface area (Å²) in [5.41, 5.74) is 2.34. The minimum atomic E-state index is -0.875. The van der Waals surface area contributed by atoms with Gasteiger partial charge in [0, 0.05) is 6.54 Å². The molecule has 0 spiro atoms. The molecule has 2 atom stereocenters. The lowest BCUT2D eigenvalue weighted by Crippen LogP contribution is -2.43. The molecule has 1 aromatic carbocycles. The average Bonchev–Trinajstić information content (AvgIpc) is 2.95. The quantitative estimate of drug-likeness (QED) is 0.898. The molecule has 1 aliphatic heterocycles. The van der Waals surface area contributed by atoms with Gasteiger partial charge in [-0.2, -0.15) is 0 Å². The van der Waals surface area contributed by atoms with Crippen LogP contribution in [-0.4, -0.2) is 34.5 Å². The highest BCUT2D eigenvalue weighted by molar-refractivity contribution is 5.89. The van der Waals surface area contributed by atoms with Gasteiger partial charge in [-0.25, -0.2) is 4.79 Å². The number of hydrogen-bond acceptors (Lipinski definition) is 2. The standard InChI is InChI=1S/C16H19NO3/c18-15(17-10-4-9-14(17)16(19)20)13-8-3-6-11-5-1-2-7-12(11)13/h1-2,5,7,13-14H,3-4,6,8-10H2,(H,19,20)/t13-,14-/m1/s1. The van der Waals surface area contributed by atoms with E-state index in [4.69, 9.17) is 0 Å². The van der Waals surface area contributed by atoms with Crippen LogP contribution in [-0.2, 0) is 16.0 Å². The van der Waals surface area contributed by atoms with E-state index in [1.54, 1.807) is 4.90 Å². The molecule has 1 saturated heterocycles. The predicted octanol–water partition coefficient (Wildman–Crippen LogP) is 2.18. The molecule has 3 rings (SSSR count). The van der Waals surface area contributed by atoms with E-state index in [-0.39, 0.29) is 11.8 Å². The summed E-state index contributed by atoms with van der Waals surface area (Å²) in [5, 5.41) is 9.23. The second kappa shape index (κ2) is 5.27. The second-order valence-corrected chi connectivity index (χ2v) is 5.67. The number of benzene rings is 1. The summed E-state index contributed by atoms with van der Waals surface area (Å²) in [5.74, 6) is -1.03. The van der Waals surface area contributed by atoms with Gasteiger partial charge in [-0.3, -0.25) is 4.79 Å². The van der Waals surface area contributed by atoms with E-state index in [2.05, 4.69) is 6.07 Å². The summed E-state index contributed by atoms with van der Waals surface area (Å²) in [6, 6.07) is 7.43. The van der Waals surface area contributed by atoms with Crippen LogP contribution in [0.5, 0.6) is 0 Å². The fourth-order valence-corrected chi connectivity index (χ4v) is 3.50. The molecule has 20 heavy (non-hydrogen) atoms. The van der Waals surface area contributed by atoms with Crippen molar-refractivity contribution < 1.29 is 14.7 Å². The maximum Gasteiger partial charge on any atom is 0.326 e. The molecule has 0 radical (unpaired) electrons. The van der Waals surface area contributed by atoms with Crippen LogP contribution in [0.3, 0.4) is 0 Å².